The van der Waals surface area contributed by atoms with Crippen LogP contribution >= 0.6 is 34.2 Å². The quantitative estimate of drug-likeness (QED) is 0.752. The molecule has 0 radical (unpaired) electrons. The molecule has 0 spiro atoms. The molecule has 0 aromatic heterocycles. The van der Waals surface area contributed by atoms with E-state index in [0.29, 0.717) is 0 Å². The third-order valence-electron chi connectivity index (χ3n) is 2.50. The second-order valence-electron chi connectivity index (χ2n) is 4.03. The number of anilines is 2. The lowest BCUT2D eigenvalue weighted by atomic mass is 10.3. The highest BCUT2D eigenvalue weighted by molar-refractivity contribution is 14.1. The molecule has 3 nitrogen and oxygen atoms in total. The number of benzene rings is 2. The molecule has 0 saturated heterocycles. The van der Waals surface area contributed by atoms with Crippen LogP contribution in [0.15, 0.2) is 42.5 Å². The van der Waals surface area contributed by atoms with Crippen molar-refractivity contribution in [3.63, 3.8) is 0 Å². The number of carbonyl (C=O) groups excluding carboxylic acids is 1. The maximum atomic E-state index is 13.5. The van der Waals surface area contributed by atoms with Gasteiger partial charge in [-0.3, -0.25) is 4.79 Å². The second kappa shape index (κ2) is 6.90. The number of hydrogen-bond acceptors (Lipinski definition) is 2. The molecule has 0 aliphatic heterocycles. The van der Waals surface area contributed by atoms with E-state index in [1.165, 1.54) is 12.1 Å². The fraction of sp³-hybridized carbons (Fsp3) is 0.0714. The summed E-state index contributed by atoms with van der Waals surface area (Å²) in [5.41, 5.74) is 0.945. The van der Waals surface area contributed by atoms with Gasteiger partial charge in [0.25, 0.3) is 0 Å². The van der Waals surface area contributed by atoms with Crippen LogP contribution in [-0.2, 0) is 4.79 Å². The van der Waals surface area contributed by atoms with Crippen molar-refractivity contribution in [2.45, 2.75) is 0 Å². The maximum absolute atomic E-state index is 13.5. The molecule has 0 aliphatic carbocycles. The van der Waals surface area contributed by atoms with Crippen molar-refractivity contribution >= 4 is 51.5 Å². The van der Waals surface area contributed by atoms with E-state index in [-0.39, 0.29) is 23.2 Å². The predicted molar refractivity (Wildman–Crippen MR) is 87.7 cm³/mol. The van der Waals surface area contributed by atoms with Crippen molar-refractivity contribution in [3.8, 4) is 0 Å². The third-order valence-corrected chi connectivity index (χ3v) is 3.46. The Kier molecular flexibility index (Phi) is 5.19. The molecule has 2 aromatic rings. The summed E-state index contributed by atoms with van der Waals surface area (Å²) < 4.78 is 14.6. The highest BCUT2D eigenvalue weighted by Gasteiger charge is 2.07. The molecule has 0 heterocycles. The highest BCUT2D eigenvalue weighted by atomic mass is 127. The molecule has 2 aromatic carbocycles. The number of rotatable bonds is 4. The largest absolute Gasteiger partial charge is 0.376 e. The summed E-state index contributed by atoms with van der Waals surface area (Å²) in [6, 6.07) is 11.7. The molecule has 0 unspecified atom stereocenters. The monoisotopic (exact) mass is 404 g/mol. The zero-order chi connectivity index (χ0) is 14.5. The molecular formula is C14H11ClFIN2O. The van der Waals surface area contributed by atoms with Crippen LogP contribution in [0.3, 0.4) is 0 Å². The smallest absolute Gasteiger partial charge is 0.243 e. The van der Waals surface area contributed by atoms with E-state index < -0.39 is 5.82 Å². The van der Waals surface area contributed by atoms with Crippen molar-refractivity contribution in [1.82, 2.24) is 0 Å². The summed E-state index contributed by atoms with van der Waals surface area (Å²) in [6.07, 6.45) is 0. The topological polar surface area (TPSA) is 41.1 Å². The Balaban J connectivity index is 1.90. The van der Waals surface area contributed by atoms with Gasteiger partial charge in [-0.1, -0.05) is 11.6 Å². The first-order valence-corrected chi connectivity index (χ1v) is 7.24. The number of amides is 1. The van der Waals surface area contributed by atoms with E-state index in [0.717, 1.165) is 15.3 Å². The normalized spacial score (nSPS) is 10.2. The number of halogens is 3. The summed E-state index contributed by atoms with van der Waals surface area (Å²) in [7, 11) is 0. The van der Waals surface area contributed by atoms with E-state index in [9.17, 15) is 9.18 Å². The third kappa shape index (κ3) is 4.35. The predicted octanol–water partition coefficient (Wildman–Crippen LogP) is 4.13. The van der Waals surface area contributed by atoms with E-state index in [2.05, 4.69) is 33.2 Å². The lowest BCUT2D eigenvalue weighted by molar-refractivity contribution is -0.114. The van der Waals surface area contributed by atoms with Gasteiger partial charge in [0.1, 0.15) is 5.82 Å². The van der Waals surface area contributed by atoms with E-state index in [1.54, 1.807) is 0 Å². The standard InChI is InChI=1S/C14H11ClFIN2O/c15-9-1-6-13(12(16)7-9)19-14(20)8-18-11-4-2-10(17)3-5-11/h1-7,18H,8H2,(H,19,20). The molecule has 2 rings (SSSR count). The zero-order valence-electron chi connectivity index (χ0n) is 10.3. The van der Waals surface area contributed by atoms with E-state index in [4.69, 9.17) is 11.6 Å². The first kappa shape index (κ1) is 15.1. The van der Waals surface area contributed by atoms with Crippen LogP contribution in [-0.4, -0.2) is 12.5 Å². The summed E-state index contributed by atoms with van der Waals surface area (Å²) >= 11 is 7.84. The molecule has 0 fully saturated rings. The summed E-state index contributed by atoms with van der Waals surface area (Å²) in [5, 5.41) is 5.73. The van der Waals surface area contributed by atoms with Crippen molar-refractivity contribution in [1.29, 1.82) is 0 Å². The van der Waals surface area contributed by atoms with E-state index >= 15 is 0 Å². The van der Waals surface area contributed by atoms with Crippen LogP contribution in [0.1, 0.15) is 0 Å². The van der Waals surface area contributed by atoms with Gasteiger partial charge >= 0.3 is 0 Å². The van der Waals surface area contributed by atoms with Crippen molar-refractivity contribution in [2.75, 3.05) is 17.2 Å². The zero-order valence-corrected chi connectivity index (χ0v) is 13.2. The van der Waals surface area contributed by atoms with Gasteiger partial charge in [0.2, 0.25) is 5.91 Å². The number of nitrogens with one attached hydrogen (secondary N) is 2. The summed E-state index contributed by atoms with van der Waals surface area (Å²) in [6.45, 7) is 0.0582. The molecule has 1 amide bonds. The van der Waals surface area contributed by atoms with Gasteiger partial charge in [0, 0.05) is 14.3 Å². The molecular weight excluding hydrogens is 394 g/mol. The van der Waals surface area contributed by atoms with Gasteiger partial charge in [-0.25, -0.2) is 4.39 Å². The average molecular weight is 405 g/mol. The summed E-state index contributed by atoms with van der Waals surface area (Å²) in [5.74, 6) is -0.884. The minimum Gasteiger partial charge on any atom is -0.376 e. The fourth-order valence-corrected chi connectivity index (χ4v) is 2.05. The van der Waals surface area contributed by atoms with Crippen molar-refractivity contribution in [3.05, 3.63) is 56.9 Å². The van der Waals surface area contributed by atoms with Gasteiger partial charge in [-0.05, 0) is 65.1 Å². The Morgan fingerprint density at radius 1 is 1.20 bits per heavy atom. The Morgan fingerprint density at radius 3 is 2.55 bits per heavy atom. The van der Waals surface area contributed by atoms with E-state index in [1.807, 2.05) is 24.3 Å². The lowest BCUT2D eigenvalue weighted by Crippen LogP contribution is -2.22. The Labute approximate surface area is 134 Å². The molecule has 20 heavy (non-hydrogen) atoms. The van der Waals surface area contributed by atoms with Gasteiger partial charge in [-0.2, -0.15) is 0 Å². The molecule has 0 aliphatic rings. The molecule has 6 heteroatoms. The minimum absolute atomic E-state index is 0.0582. The molecule has 0 saturated carbocycles. The summed E-state index contributed by atoms with van der Waals surface area (Å²) in [4.78, 5) is 11.7. The van der Waals surface area contributed by atoms with Gasteiger partial charge < -0.3 is 10.6 Å². The van der Waals surface area contributed by atoms with Gasteiger partial charge in [0.05, 0.1) is 12.2 Å². The van der Waals surface area contributed by atoms with Crippen molar-refractivity contribution in [2.24, 2.45) is 0 Å². The Morgan fingerprint density at radius 2 is 1.90 bits per heavy atom. The molecule has 2 N–H and O–H groups in total. The first-order valence-electron chi connectivity index (χ1n) is 5.79. The van der Waals surface area contributed by atoms with Gasteiger partial charge in [0.15, 0.2) is 0 Å². The number of hydrogen-bond donors (Lipinski definition) is 2. The van der Waals surface area contributed by atoms with Gasteiger partial charge in [-0.15, -0.1) is 0 Å². The average Bonchev–Trinajstić information content (AvgIpc) is 2.41. The Hall–Kier alpha value is -1.34. The molecule has 0 bridgehead atoms. The SMILES string of the molecule is O=C(CNc1ccc(I)cc1)Nc1ccc(Cl)cc1F. The minimum atomic E-state index is -0.555. The lowest BCUT2D eigenvalue weighted by Gasteiger charge is -2.08. The molecule has 0 atom stereocenters. The maximum Gasteiger partial charge on any atom is 0.243 e. The highest BCUT2D eigenvalue weighted by Crippen LogP contribution is 2.18. The molecule has 104 valence electrons. The van der Waals surface area contributed by atoms with Crippen LogP contribution in [0, 0.1) is 9.39 Å². The second-order valence-corrected chi connectivity index (χ2v) is 5.71. The Bertz CT molecular complexity index is 619. The number of carbonyl (C=O) groups is 1. The fourth-order valence-electron chi connectivity index (χ4n) is 1.54. The van der Waals surface area contributed by atoms with Crippen LogP contribution in [0.4, 0.5) is 15.8 Å². The first-order chi connectivity index (χ1) is 9.54. The van der Waals surface area contributed by atoms with Crippen LogP contribution < -0.4 is 10.6 Å². The van der Waals surface area contributed by atoms with Crippen LogP contribution in [0.25, 0.3) is 0 Å². The van der Waals surface area contributed by atoms with Crippen LogP contribution in [0.2, 0.25) is 5.02 Å². The van der Waals surface area contributed by atoms with Crippen LogP contribution in [0.5, 0.6) is 0 Å². The van der Waals surface area contributed by atoms with Crippen molar-refractivity contribution < 1.29 is 9.18 Å².